The van der Waals surface area contributed by atoms with Crippen LogP contribution in [0.5, 0.6) is 5.75 Å². The Balaban J connectivity index is 1.64. The Morgan fingerprint density at radius 2 is 1.97 bits per heavy atom. The zero-order valence-electron chi connectivity index (χ0n) is 18.5. The number of nitrogens with zero attached hydrogens (tertiary/aromatic N) is 4. The molecule has 1 amide bonds. The van der Waals surface area contributed by atoms with E-state index in [-0.39, 0.29) is 11.9 Å². The van der Waals surface area contributed by atoms with Gasteiger partial charge in [0.2, 0.25) is 5.91 Å². The molecule has 2 aromatic carbocycles. The van der Waals surface area contributed by atoms with Gasteiger partial charge in [-0.05, 0) is 36.4 Å². The second-order valence-electron chi connectivity index (χ2n) is 7.78. The van der Waals surface area contributed by atoms with E-state index < -0.39 is 0 Å². The molecule has 0 bridgehead atoms. The van der Waals surface area contributed by atoms with Crippen molar-refractivity contribution in [2.45, 2.75) is 25.8 Å². The second-order valence-corrected chi connectivity index (χ2v) is 7.78. The van der Waals surface area contributed by atoms with Crippen molar-refractivity contribution in [1.82, 2.24) is 14.8 Å². The van der Waals surface area contributed by atoms with Crippen LogP contribution in [0.3, 0.4) is 0 Å². The van der Waals surface area contributed by atoms with Gasteiger partial charge in [-0.3, -0.25) is 4.79 Å². The molecule has 0 N–H and O–H groups in total. The van der Waals surface area contributed by atoms with Gasteiger partial charge in [0.15, 0.2) is 0 Å². The zero-order chi connectivity index (χ0) is 22.8. The average molecular weight is 441 g/mol. The molecule has 0 unspecified atom stereocenters. The van der Waals surface area contributed by atoms with Crippen LogP contribution in [-0.2, 0) is 4.79 Å². The Morgan fingerprint density at radius 3 is 2.70 bits per heavy atom. The first-order valence-electron chi connectivity index (χ1n) is 10.9. The van der Waals surface area contributed by atoms with Crippen molar-refractivity contribution < 1.29 is 13.9 Å². The van der Waals surface area contributed by atoms with Gasteiger partial charge in [0.05, 0.1) is 30.8 Å². The van der Waals surface area contributed by atoms with Gasteiger partial charge in [-0.2, -0.15) is 10.2 Å². The van der Waals surface area contributed by atoms with Crippen LogP contribution in [0.1, 0.15) is 37.1 Å². The lowest BCUT2D eigenvalue weighted by atomic mass is 9.98. The summed E-state index contributed by atoms with van der Waals surface area (Å²) in [6.07, 6.45) is 4.50. The molecule has 166 valence electrons. The van der Waals surface area contributed by atoms with Gasteiger partial charge in [0.1, 0.15) is 17.2 Å². The maximum atomic E-state index is 12.9. The lowest BCUT2D eigenvalue weighted by Crippen LogP contribution is -2.26. The third-order valence-corrected chi connectivity index (χ3v) is 5.74. The molecule has 7 heteroatoms. The molecule has 1 aliphatic rings. The summed E-state index contributed by atoms with van der Waals surface area (Å²) >= 11 is 0. The molecule has 0 spiro atoms. The Hall–Kier alpha value is -4.13. The molecule has 0 saturated heterocycles. The molecule has 0 aliphatic carbocycles. The number of furan rings is 1. The number of carbonyl (C=O) groups excluding carboxylic acids is 1. The summed E-state index contributed by atoms with van der Waals surface area (Å²) in [5, 5.41) is 11.2. The predicted molar refractivity (Wildman–Crippen MR) is 125 cm³/mol. The molecule has 1 aliphatic heterocycles. The number of para-hydroxylation sites is 1. The molecule has 0 radical (unpaired) electrons. The lowest BCUT2D eigenvalue weighted by Gasteiger charge is -2.21. The Bertz CT molecular complexity index is 1290. The number of carbonyl (C=O) groups is 1. The molecule has 7 nitrogen and oxygen atoms in total. The van der Waals surface area contributed by atoms with Gasteiger partial charge in [-0.1, -0.05) is 37.3 Å². The first-order chi connectivity index (χ1) is 16.2. The highest BCUT2D eigenvalue weighted by Crippen LogP contribution is 2.39. The highest BCUT2D eigenvalue weighted by Gasteiger charge is 2.36. The van der Waals surface area contributed by atoms with Crippen molar-refractivity contribution in [2.75, 3.05) is 7.11 Å². The standard InChI is InChI=1S/C26H24N4O3/c1-3-25(31)30-23(16-22(27-30)24-13-8-14-33-24)21-17-29(19-10-5-4-6-11-19)28-26(21)18-9-7-12-20(15-18)32-2/h4-15,17,23H,3,16H2,1-2H3/t23-/m1/s1. The van der Waals surface area contributed by atoms with E-state index in [9.17, 15) is 4.79 Å². The number of hydrogen-bond acceptors (Lipinski definition) is 5. The van der Waals surface area contributed by atoms with Crippen LogP contribution in [0, 0.1) is 0 Å². The van der Waals surface area contributed by atoms with Gasteiger partial charge < -0.3 is 9.15 Å². The minimum Gasteiger partial charge on any atom is -0.497 e. The number of rotatable bonds is 6. The van der Waals surface area contributed by atoms with Gasteiger partial charge >= 0.3 is 0 Å². The summed E-state index contributed by atoms with van der Waals surface area (Å²) in [5.41, 5.74) is 4.29. The SMILES string of the molecule is CCC(=O)N1N=C(c2ccco2)C[C@@H]1c1cn(-c2ccccc2)nc1-c1cccc(OC)c1. The number of methoxy groups -OCH3 is 1. The molecule has 0 fully saturated rings. The van der Waals surface area contributed by atoms with E-state index in [1.807, 2.05) is 84.5 Å². The van der Waals surface area contributed by atoms with Gasteiger partial charge in [-0.25, -0.2) is 9.69 Å². The van der Waals surface area contributed by atoms with Crippen LogP contribution >= 0.6 is 0 Å². The fraction of sp³-hybridized carbons (Fsp3) is 0.192. The summed E-state index contributed by atoms with van der Waals surface area (Å²) in [4.78, 5) is 12.9. The molecule has 3 heterocycles. The zero-order valence-corrected chi connectivity index (χ0v) is 18.5. The minimum absolute atomic E-state index is 0.0504. The molecule has 0 saturated carbocycles. The molecule has 2 aromatic heterocycles. The molecule has 5 rings (SSSR count). The molecule has 4 aromatic rings. The third kappa shape index (κ3) is 3.93. The number of hydrogen-bond donors (Lipinski definition) is 0. The van der Waals surface area contributed by atoms with Crippen molar-refractivity contribution in [3.8, 4) is 22.7 Å². The quantitative estimate of drug-likeness (QED) is 0.412. The smallest absolute Gasteiger partial charge is 0.242 e. The minimum atomic E-state index is -0.295. The van der Waals surface area contributed by atoms with Crippen molar-refractivity contribution >= 4 is 11.6 Å². The van der Waals surface area contributed by atoms with E-state index in [4.69, 9.17) is 14.3 Å². The van der Waals surface area contributed by atoms with E-state index in [2.05, 4.69) is 5.10 Å². The van der Waals surface area contributed by atoms with Gasteiger partial charge in [-0.15, -0.1) is 0 Å². The van der Waals surface area contributed by atoms with Crippen LogP contribution in [0.2, 0.25) is 0 Å². The highest BCUT2D eigenvalue weighted by atomic mass is 16.5. The summed E-state index contributed by atoms with van der Waals surface area (Å²) in [5.74, 6) is 1.36. The number of ether oxygens (including phenoxy) is 1. The normalized spacial score (nSPS) is 15.5. The second kappa shape index (κ2) is 8.78. The summed E-state index contributed by atoms with van der Waals surface area (Å²) in [7, 11) is 1.64. The number of aromatic nitrogens is 2. The van der Waals surface area contributed by atoms with Crippen molar-refractivity contribution in [1.29, 1.82) is 0 Å². The van der Waals surface area contributed by atoms with Crippen LogP contribution in [0.25, 0.3) is 16.9 Å². The summed E-state index contributed by atoms with van der Waals surface area (Å²) in [6, 6.07) is 21.1. The maximum absolute atomic E-state index is 12.9. The molecule has 1 atom stereocenters. The lowest BCUT2D eigenvalue weighted by molar-refractivity contribution is -0.132. The predicted octanol–water partition coefficient (Wildman–Crippen LogP) is 5.23. The number of hydrazone groups is 1. The van der Waals surface area contributed by atoms with Gasteiger partial charge in [0, 0.05) is 30.2 Å². The molecular weight excluding hydrogens is 416 g/mol. The first-order valence-corrected chi connectivity index (χ1v) is 10.9. The third-order valence-electron chi connectivity index (χ3n) is 5.74. The van der Waals surface area contributed by atoms with Crippen molar-refractivity contribution in [3.05, 3.63) is 90.5 Å². The molecule has 33 heavy (non-hydrogen) atoms. The summed E-state index contributed by atoms with van der Waals surface area (Å²) < 4.78 is 12.9. The van der Waals surface area contributed by atoms with E-state index in [0.29, 0.717) is 18.6 Å². The Morgan fingerprint density at radius 1 is 1.12 bits per heavy atom. The van der Waals surface area contributed by atoms with Crippen LogP contribution in [-0.4, -0.2) is 33.5 Å². The van der Waals surface area contributed by atoms with E-state index in [0.717, 1.165) is 34.0 Å². The monoisotopic (exact) mass is 440 g/mol. The van der Waals surface area contributed by atoms with E-state index in [1.165, 1.54) is 0 Å². The Kier molecular flexibility index (Phi) is 5.52. The maximum Gasteiger partial charge on any atom is 0.242 e. The average Bonchev–Trinajstić information content (AvgIpc) is 3.63. The van der Waals surface area contributed by atoms with Crippen LogP contribution in [0.4, 0.5) is 0 Å². The fourth-order valence-corrected chi connectivity index (χ4v) is 4.07. The van der Waals surface area contributed by atoms with Crippen LogP contribution in [0.15, 0.2) is 88.7 Å². The van der Waals surface area contributed by atoms with Crippen molar-refractivity contribution in [3.63, 3.8) is 0 Å². The highest BCUT2D eigenvalue weighted by molar-refractivity contribution is 6.01. The molecular formula is C26H24N4O3. The van der Waals surface area contributed by atoms with Crippen molar-refractivity contribution in [2.24, 2.45) is 5.10 Å². The van der Waals surface area contributed by atoms with Crippen LogP contribution < -0.4 is 4.74 Å². The Labute approximate surface area is 191 Å². The first kappa shape index (κ1) is 20.8. The fourth-order valence-electron chi connectivity index (χ4n) is 4.07. The van der Waals surface area contributed by atoms with Gasteiger partial charge in [0.25, 0.3) is 0 Å². The number of benzene rings is 2. The number of amides is 1. The van der Waals surface area contributed by atoms with E-state index in [1.54, 1.807) is 18.4 Å². The summed E-state index contributed by atoms with van der Waals surface area (Å²) in [6.45, 7) is 1.84. The topological polar surface area (TPSA) is 72.9 Å². The largest absolute Gasteiger partial charge is 0.497 e. The van der Waals surface area contributed by atoms with E-state index >= 15 is 0 Å².